The maximum Gasteiger partial charge on any atom is 0.253 e. The van der Waals surface area contributed by atoms with Crippen molar-refractivity contribution in [1.29, 1.82) is 0 Å². The Morgan fingerprint density at radius 2 is 2.07 bits per heavy atom. The van der Waals surface area contributed by atoms with Crippen molar-refractivity contribution >= 4 is 11.9 Å². The molecule has 0 radical (unpaired) electrons. The first-order chi connectivity index (χ1) is 7.11. The van der Waals surface area contributed by atoms with Crippen molar-refractivity contribution in [1.82, 2.24) is 15.4 Å². The average molecular weight is 209 g/mol. The summed E-state index contributed by atoms with van der Waals surface area (Å²) in [5, 5.41) is 0. The van der Waals surface area contributed by atoms with E-state index in [2.05, 4.69) is 20.4 Å². The number of hydrogen-bond donors (Lipinski definition) is 2. The molecule has 6 nitrogen and oxygen atoms in total. The zero-order valence-electron chi connectivity index (χ0n) is 9.11. The first-order valence-electron chi connectivity index (χ1n) is 4.66. The molecule has 1 aromatic heterocycles. The van der Waals surface area contributed by atoms with E-state index >= 15 is 0 Å². The predicted molar refractivity (Wildman–Crippen MR) is 57.6 cm³/mol. The third kappa shape index (κ3) is 3.90. The molecule has 0 bridgehead atoms. The van der Waals surface area contributed by atoms with Crippen LogP contribution in [0.1, 0.15) is 18.3 Å². The van der Waals surface area contributed by atoms with Crippen LogP contribution < -0.4 is 11.2 Å². The molecule has 82 valence electrons. The number of aliphatic imine (C=N–C) groups is 1. The molecule has 0 aliphatic carbocycles. The molecule has 6 heteroatoms. The van der Waals surface area contributed by atoms with Gasteiger partial charge in [-0.1, -0.05) is 0 Å². The molecule has 0 spiro atoms. The van der Waals surface area contributed by atoms with Crippen LogP contribution in [-0.2, 0) is 4.84 Å². The fourth-order valence-corrected chi connectivity index (χ4v) is 1.03. The number of aryl methyl sites for hydroxylation is 2. The number of rotatable bonds is 3. The molecule has 0 unspecified atom stereocenters. The van der Waals surface area contributed by atoms with E-state index in [9.17, 15) is 0 Å². The lowest BCUT2D eigenvalue weighted by Gasteiger charge is -2.03. The summed E-state index contributed by atoms with van der Waals surface area (Å²) in [6, 6.07) is 1.87. The van der Waals surface area contributed by atoms with Crippen LogP contribution in [0.25, 0.3) is 0 Å². The van der Waals surface area contributed by atoms with Crippen LogP contribution in [-0.4, -0.2) is 22.5 Å². The predicted octanol–water partition coefficient (Wildman–Crippen LogP) is 0.581. The molecule has 0 aromatic carbocycles. The Bertz CT molecular complexity index is 343. The minimum absolute atomic E-state index is 0.141. The van der Waals surface area contributed by atoms with Crippen LogP contribution in [0, 0.1) is 13.8 Å². The van der Waals surface area contributed by atoms with Crippen LogP contribution in [0.4, 0.5) is 5.95 Å². The quantitative estimate of drug-likeness (QED) is 0.432. The van der Waals surface area contributed by atoms with Gasteiger partial charge in [0, 0.05) is 11.4 Å². The molecule has 1 aromatic rings. The summed E-state index contributed by atoms with van der Waals surface area (Å²) < 4.78 is 0. The highest BCUT2D eigenvalue weighted by molar-refractivity contribution is 5.78. The maximum absolute atomic E-state index is 5.53. The number of nitrogens with zero attached hydrogens (tertiary/aromatic N) is 3. The van der Waals surface area contributed by atoms with E-state index < -0.39 is 0 Å². The number of aromatic nitrogens is 2. The summed E-state index contributed by atoms with van der Waals surface area (Å²) in [4.78, 5) is 17.0. The second-order valence-electron chi connectivity index (χ2n) is 2.98. The van der Waals surface area contributed by atoms with Gasteiger partial charge >= 0.3 is 0 Å². The second-order valence-corrected chi connectivity index (χ2v) is 2.98. The highest BCUT2D eigenvalue weighted by Crippen LogP contribution is 2.06. The third-order valence-corrected chi connectivity index (χ3v) is 1.51. The van der Waals surface area contributed by atoms with Gasteiger partial charge in [-0.25, -0.2) is 15.4 Å². The van der Waals surface area contributed by atoms with Gasteiger partial charge in [-0.15, -0.1) is 0 Å². The van der Waals surface area contributed by atoms with E-state index in [1.54, 1.807) is 0 Å². The van der Waals surface area contributed by atoms with Crippen LogP contribution in [0.5, 0.6) is 0 Å². The molecule has 15 heavy (non-hydrogen) atoms. The van der Waals surface area contributed by atoms with E-state index in [0.717, 1.165) is 11.4 Å². The maximum atomic E-state index is 5.53. The second kappa shape index (κ2) is 5.26. The van der Waals surface area contributed by atoms with Gasteiger partial charge in [0.25, 0.3) is 5.95 Å². The van der Waals surface area contributed by atoms with Crippen LogP contribution in [0.15, 0.2) is 11.1 Å². The molecule has 0 atom stereocenters. The van der Waals surface area contributed by atoms with Crippen molar-refractivity contribution in [2.45, 2.75) is 20.8 Å². The van der Waals surface area contributed by atoms with Crippen LogP contribution >= 0.6 is 0 Å². The van der Waals surface area contributed by atoms with E-state index in [-0.39, 0.29) is 5.96 Å². The van der Waals surface area contributed by atoms with Crippen molar-refractivity contribution < 1.29 is 4.84 Å². The van der Waals surface area contributed by atoms with E-state index in [4.69, 9.17) is 10.6 Å². The standard InChI is InChI=1S/C9H15N5O/c1-4-15-14-8(10)13-9-11-6(2)5-7(3)12-9/h5H,4H2,1-3H3,(H3,10,11,12,13,14). The highest BCUT2D eigenvalue weighted by atomic mass is 16.6. The highest BCUT2D eigenvalue weighted by Gasteiger charge is 1.98. The summed E-state index contributed by atoms with van der Waals surface area (Å²) in [6.45, 7) is 6.09. The smallest absolute Gasteiger partial charge is 0.253 e. The summed E-state index contributed by atoms with van der Waals surface area (Å²) >= 11 is 0. The van der Waals surface area contributed by atoms with Crippen LogP contribution in [0.2, 0.25) is 0 Å². The van der Waals surface area contributed by atoms with Gasteiger partial charge in [0.2, 0.25) is 5.96 Å². The SMILES string of the molecule is CCON/C(N)=N/c1nc(C)cc(C)n1. The molecule has 1 rings (SSSR count). The van der Waals surface area contributed by atoms with E-state index in [1.807, 2.05) is 26.8 Å². The Morgan fingerprint density at radius 1 is 1.47 bits per heavy atom. The molecule has 0 fully saturated rings. The molecule has 0 amide bonds. The lowest BCUT2D eigenvalue weighted by molar-refractivity contribution is 0.0960. The summed E-state index contributed by atoms with van der Waals surface area (Å²) in [7, 11) is 0. The minimum Gasteiger partial charge on any atom is -0.368 e. The molecular weight excluding hydrogens is 194 g/mol. The monoisotopic (exact) mass is 209 g/mol. The van der Waals surface area contributed by atoms with E-state index in [0.29, 0.717) is 12.6 Å². The molecule has 0 saturated heterocycles. The fourth-order valence-electron chi connectivity index (χ4n) is 1.03. The van der Waals surface area contributed by atoms with Gasteiger partial charge in [-0.2, -0.15) is 4.99 Å². The Balaban J connectivity index is 2.78. The Kier molecular flexibility index (Phi) is 3.99. The fraction of sp³-hybridized carbons (Fsp3) is 0.444. The topological polar surface area (TPSA) is 85.4 Å². The molecule has 0 aliphatic heterocycles. The number of hydrogen-bond acceptors (Lipinski definition) is 4. The first kappa shape index (κ1) is 11.4. The van der Waals surface area contributed by atoms with Crippen molar-refractivity contribution in [3.05, 3.63) is 17.5 Å². The van der Waals surface area contributed by atoms with Crippen molar-refractivity contribution in [2.75, 3.05) is 6.61 Å². The summed E-state index contributed by atoms with van der Waals surface area (Å²) in [5.41, 5.74) is 9.70. The third-order valence-electron chi connectivity index (χ3n) is 1.51. The number of hydroxylamine groups is 1. The Labute approximate surface area is 88.5 Å². The first-order valence-corrected chi connectivity index (χ1v) is 4.66. The number of nitrogens with one attached hydrogen (secondary N) is 1. The molecule has 1 heterocycles. The lowest BCUT2D eigenvalue weighted by Crippen LogP contribution is -2.31. The zero-order valence-corrected chi connectivity index (χ0v) is 9.11. The van der Waals surface area contributed by atoms with E-state index in [1.165, 1.54) is 0 Å². The number of guanidine groups is 1. The van der Waals surface area contributed by atoms with Gasteiger partial charge in [0.05, 0.1) is 6.61 Å². The average Bonchev–Trinajstić information content (AvgIpc) is 2.13. The van der Waals surface area contributed by atoms with Gasteiger partial charge in [-0.3, -0.25) is 4.84 Å². The molecular formula is C9H15N5O. The van der Waals surface area contributed by atoms with Crippen molar-refractivity contribution in [3.63, 3.8) is 0 Å². The zero-order chi connectivity index (χ0) is 11.3. The Morgan fingerprint density at radius 3 is 2.60 bits per heavy atom. The van der Waals surface area contributed by atoms with Crippen molar-refractivity contribution in [3.8, 4) is 0 Å². The molecule has 3 N–H and O–H groups in total. The van der Waals surface area contributed by atoms with Crippen LogP contribution in [0.3, 0.4) is 0 Å². The van der Waals surface area contributed by atoms with Gasteiger partial charge in [0.15, 0.2) is 0 Å². The minimum atomic E-state index is 0.141. The largest absolute Gasteiger partial charge is 0.368 e. The van der Waals surface area contributed by atoms with Crippen molar-refractivity contribution in [2.24, 2.45) is 10.7 Å². The van der Waals surface area contributed by atoms with Gasteiger partial charge < -0.3 is 5.73 Å². The van der Waals surface area contributed by atoms with Gasteiger partial charge in [0.1, 0.15) is 0 Å². The summed E-state index contributed by atoms with van der Waals surface area (Å²) in [6.07, 6.45) is 0. The normalized spacial score (nSPS) is 11.5. The van der Waals surface area contributed by atoms with Gasteiger partial charge in [-0.05, 0) is 26.8 Å². The summed E-state index contributed by atoms with van der Waals surface area (Å²) in [5.74, 6) is 0.471. The molecule has 0 saturated carbocycles. The molecule has 0 aliphatic rings. The lowest BCUT2D eigenvalue weighted by atomic mass is 10.4. The number of nitrogens with two attached hydrogens (primary N) is 1. The Hall–Kier alpha value is -1.69.